The maximum absolute atomic E-state index is 11.8. The van der Waals surface area contributed by atoms with Crippen molar-refractivity contribution in [2.45, 2.75) is 6.92 Å². The van der Waals surface area contributed by atoms with Crippen LogP contribution in [0.25, 0.3) is 0 Å². The third-order valence-corrected chi connectivity index (χ3v) is 3.11. The van der Waals surface area contributed by atoms with Crippen LogP contribution in [0.3, 0.4) is 0 Å². The summed E-state index contributed by atoms with van der Waals surface area (Å²) in [5, 5.41) is 6.65. The van der Waals surface area contributed by atoms with E-state index in [0.29, 0.717) is 32.0 Å². The van der Waals surface area contributed by atoms with Gasteiger partial charge in [-0.15, -0.1) is 0 Å². The Bertz CT molecular complexity index is 458. The van der Waals surface area contributed by atoms with E-state index in [-0.39, 0.29) is 18.4 Å². The first-order valence-corrected chi connectivity index (χ1v) is 6.22. The predicted molar refractivity (Wildman–Crippen MR) is 67.7 cm³/mol. The van der Waals surface area contributed by atoms with Crippen LogP contribution in [0.15, 0.2) is 6.07 Å². The Morgan fingerprint density at radius 3 is 2.68 bits per heavy atom. The summed E-state index contributed by atoms with van der Waals surface area (Å²) >= 11 is 0. The Kier molecular flexibility index (Phi) is 4.16. The van der Waals surface area contributed by atoms with Crippen LogP contribution in [0.2, 0.25) is 0 Å². The molecule has 1 N–H and O–H groups in total. The molecule has 0 bridgehead atoms. The lowest BCUT2D eigenvalue weighted by molar-refractivity contribution is -0.134. The van der Waals surface area contributed by atoms with Gasteiger partial charge in [-0.25, -0.2) is 0 Å². The summed E-state index contributed by atoms with van der Waals surface area (Å²) in [6.07, 6.45) is 0. The van der Waals surface area contributed by atoms with Gasteiger partial charge in [-0.2, -0.15) is 5.10 Å². The molecule has 0 atom stereocenters. The van der Waals surface area contributed by atoms with Gasteiger partial charge in [0.25, 0.3) is 5.91 Å². The fraction of sp³-hybridized carbons (Fsp3) is 0.583. The van der Waals surface area contributed by atoms with Gasteiger partial charge in [0.05, 0.1) is 19.8 Å². The third kappa shape index (κ3) is 3.31. The maximum atomic E-state index is 11.8. The van der Waals surface area contributed by atoms with Crippen molar-refractivity contribution in [2.75, 3.05) is 32.8 Å². The van der Waals surface area contributed by atoms with Gasteiger partial charge in [0.15, 0.2) is 0 Å². The van der Waals surface area contributed by atoms with E-state index in [2.05, 4.69) is 10.4 Å². The SMILES string of the molecule is Cc1cc(C(=O)NCC(=O)N2CCOCC2)nn1C. The molecule has 1 aliphatic heterocycles. The lowest BCUT2D eigenvalue weighted by Gasteiger charge is -2.26. The number of morpholine rings is 1. The molecule has 0 radical (unpaired) electrons. The number of nitrogens with zero attached hydrogens (tertiary/aromatic N) is 3. The minimum absolute atomic E-state index is 0.00550. The van der Waals surface area contributed by atoms with Crippen LogP contribution in [0.5, 0.6) is 0 Å². The topological polar surface area (TPSA) is 76.5 Å². The van der Waals surface area contributed by atoms with E-state index in [1.165, 1.54) is 0 Å². The van der Waals surface area contributed by atoms with Crippen LogP contribution in [0.1, 0.15) is 16.2 Å². The minimum atomic E-state index is -0.328. The van der Waals surface area contributed by atoms with Crippen molar-refractivity contribution in [3.63, 3.8) is 0 Å². The summed E-state index contributed by atoms with van der Waals surface area (Å²) in [6, 6.07) is 1.69. The third-order valence-electron chi connectivity index (χ3n) is 3.11. The standard InChI is InChI=1S/C12H18N4O3/c1-9-7-10(14-15(9)2)12(18)13-8-11(17)16-3-5-19-6-4-16/h7H,3-6,8H2,1-2H3,(H,13,18). The average molecular weight is 266 g/mol. The van der Waals surface area contributed by atoms with E-state index in [9.17, 15) is 9.59 Å². The largest absolute Gasteiger partial charge is 0.378 e. The highest BCUT2D eigenvalue weighted by atomic mass is 16.5. The van der Waals surface area contributed by atoms with Crippen LogP contribution in [0.4, 0.5) is 0 Å². The van der Waals surface area contributed by atoms with Crippen LogP contribution in [-0.2, 0) is 16.6 Å². The van der Waals surface area contributed by atoms with Crippen molar-refractivity contribution < 1.29 is 14.3 Å². The zero-order valence-corrected chi connectivity index (χ0v) is 11.2. The van der Waals surface area contributed by atoms with Gasteiger partial charge >= 0.3 is 0 Å². The van der Waals surface area contributed by atoms with Gasteiger partial charge in [-0.05, 0) is 13.0 Å². The summed E-state index contributed by atoms with van der Waals surface area (Å²) in [6.45, 7) is 4.13. The quantitative estimate of drug-likeness (QED) is 0.786. The summed E-state index contributed by atoms with van der Waals surface area (Å²) in [4.78, 5) is 25.3. The molecule has 2 heterocycles. The Hall–Kier alpha value is -1.89. The van der Waals surface area contributed by atoms with Gasteiger partial charge in [0, 0.05) is 25.8 Å². The fourth-order valence-corrected chi connectivity index (χ4v) is 1.84. The first-order chi connectivity index (χ1) is 9.08. The molecule has 1 fully saturated rings. The van der Waals surface area contributed by atoms with Crippen LogP contribution in [0, 0.1) is 6.92 Å². The summed E-state index contributed by atoms with van der Waals surface area (Å²) in [5.74, 6) is -0.422. The fourth-order valence-electron chi connectivity index (χ4n) is 1.84. The van der Waals surface area contributed by atoms with Gasteiger partial charge in [0.2, 0.25) is 5.91 Å². The van der Waals surface area contributed by atoms with Gasteiger partial charge in [-0.3, -0.25) is 14.3 Å². The van der Waals surface area contributed by atoms with E-state index < -0.39 is 0 Å². The van der Waals surface area contributed by atoms with Gasteiger partial charge in [0.1, 0.15) is 5.69 Å². The Morgan fingerprint density at radius 1 is 1.42 bits per heavy atom. The van der Waals surface area contributed by atoms with E-state index in [1.807, 2.05) is 6.92 Å². The summed E-state index contributed by atoms with van der Waals surface area (Å²) in [7, 11) is 1.77. The van der Waals surface area contributed by atoms with Crippen molar-refractivity contribution in [3.8, 4) is 0 Å². The smallest absolute Gasteiger partial charge is 0.272 e. The van der Waals surface area contributed by atoms with Crippen LogP contribution >= 0.6 is 0 Å². The first kappa shape index (κ1) is 13.5. The van der Waals surface area contributed by atoms with Crippen molar-refractivity contribution in [2.24, 2.45) is 7.05 Å². The number of aromatic nitrogens is 2. The highest BCUT2D eigenvalue weighted by Crippen LogP contribution is 2.01. The van der Waals surface area contributed by atoms with E-state index >= 15 is 0 Å². The van der Waals surface area contributed by atoms with Crippen molar-refractivity contribution in [1.82, 2.24) is 20.0 Å². The molecule has 1 aromatic rings. The second kappa shape index (κ2) is 5.83. The molecule has 7 heteroatoms. The molecule has 1 aliphatic rings. The number of hydrogen-bond acceptors (Lipinski definition) is 4. The molecule has 19 heavy (non-hydrogen) atoms. The maximum Gasteiger partial charge on any atom is 0.272 e. The van der Waals surface area contributed by atoms with Crippen LogP contribution in [-0.4, -0.2) is 59.3 Å². The molecule has 2 rings (SSSR count). The Labute approximate surface area is 111 Å². The Morgan fingerprint density at radius 2 is 2.11 bits per heavy atom. The summed E-state index contributed by atoms with van der Waals surface area (Å²) in [5.41, 5.74) is 1.22. The molecule has 0 aromatic carbocycles. The number of carbonyl (C=O) groups is 2. The zero-order valence-electron chi connectivity index (χ0n) is 11.2. The Balaban J connectivity index is 1.84. The average Bonchev–Trinajstić information content (AvgIpc) is 2.77. The number of nitrogens with one attached hydrogen (secondary N) is 1. The number of carbonyl (C=O) groups excluding carboxylic acids is 2. The summed E-state index contributed by atoms with van der Waals surface area (Å²) < 4.78 is 6.79. The number of rotatable bonds is 3. The van der Waals surface area contributed by atoms with E-state index in [4.69, 9.17) is 4.74 Å². The lowest BCUT2D eigenvalue weighted by atomic mass is 10.3. The van der Waals surface area contributed by atoms with Crippen molar-refractivity contribution in [1.29, 1.82) is 0 Å². The predicted octanol–water partition coefficient (Wildman–Crippen LogP) is -0.683. The number of amides is 2. The first-order valence-electron chi connectivity index (χ1n) is 6.22. The molecular formula is C12H18N4O3. The number of aryl methyl sites for hydroxylation is 2. The minimum Gasteiger partial charge on any atom is -0.378 e. The molecule has 0 aliphatic carbocycles. The highest BCUT2D eigenvalue weighted by Gasteiger charge is 2.18. The second-order valence-electron chi connectivity index (χ2n) is 4.47. The molecule has 1 aromatic heterocycles. The second-order valence-corrected chi connectivity index (χ2v) is 4.47. The normalized spacial score (nSPS) is 15.4. The molecule has 7 nitrogen and oxygen atoms in total. The number of ether oxygens (including phenoxy) is 1. The molecule has 1 saturated heterocycles. The van der Waals surface area contributed by atoms with Crippen molar-refractivity contribution >= 4 is 11.8 Å². The zero-order chi connectivity index (χ0) is 13.8. The molecule has 0 unspecified atom stereocenters. The van der Waals surface area contributed by atoms with Gasteiger partial charge < -0.3 is 15.0 Å². The monoisotopic (exact) mass is 266 g/mol. The van der Waals surface area contributed by atoms with Gasteiger partial charge in [-0.1, -0.05) is 0 Å². The van der Waals surface area contributed by atoms with E-state index in [1.54, 1.807) is 22.7 Å². The molecule has 2 amide bonds. The molecule has 0 saturated carbocycles. The highest BCUT2D eigenvalue weighted by molar-refractivity contribution is 5.94. The van der Waals surface area contributed by atoms with Crippen molar-refractivity contribution in [3.05, 3.63) is 17.5 Å². The molecular weight excluding hydrogens is 248 g/mol. The molecule has 0 spiro atoms. The number of hydrogen-bond donors (Lipinski definition) is 1. The lowest BCUT2D eigenvalue weighted by Crippen LogP contribution is -2.45. The molecule has 104 valence electrons. The van der Waals surface area contributed by atoms with Crippen LogP contribution < -0.4 is 5.32 Å². The van der Waals surface area contributed by atoms with E-state index in [0.717, 1.165) is 5.69 Å².